The summed E-state index contributed by atoms with van der Waals surface area (Å²) >= 11 is 0. The highest BCUT2D eigenvalue weighted by atomic mass is 35.7. The van der Waals surface area contributed by atoms with Gasteiger partial charge in [0.2, 0.25) is 15.0 Å². The molecule has 0 saturated carbocycles. The molecule has 0 bridgehead atoms. The van der Waals surface area contributed by atoms with Crippen LogP contribution in [-0.2, 0) is 20.3 Å². The van der Waals surface area contributed by atoms with Crippen molar-refractivity contribution in [2.24, 2.45) is 5.92 Å². The Morgan fingerprint density at radius 3 is 2.83 bits per heavy atom. The third kappa shape index (κ3) is 4.00. The van der Waals surface area contributed by atoms with Crippen LogP contribution in [0.5, 0.6) is 0 Å². The first kappa shape index (κ1) is 16.2. The van der Waals surface area contributed by atoms with Gasteiger partial charge in [0, 0.05) is 47.7 Å². The van der Waals surface area contributed by atoms with E-state index in [-0.39, 0.29) is 24.0 Å². The first-order valence-electron chi connectivity index (χ1n) is 7.45. The van der Waals surface area contributed by atoms with E-state index in [2.05, 4.69) is 4.98 Å². The molecule has 3 rings (SSSR count). The molecule has 7 heteroatoms. The fourth-order valence-electron chi connectivity index (χ4n) is 3.09. The lowest BCUT2D eigenvalue weighted by molar-refractivity contribution is -0.127. The molecule has 0 aliphatic carbocycles. The van der Waals surface area contributed by atoms with Gasteiger partial charge in [-0.1, -0.05) is 24.3 Å². The van der Waals surface area contributed by atoms with Crippen LogP contribution in [0.25, 0.3) is 10.9 Å². The van der Waals surface area contributed by atoms with Gasteiger partial charge in [0.1, 0.15) is 0 Å². The summed E-state index contributed by atoms with van der Waals surface area (Å²) in [5, 5.41) is 1.07. The van der Waals surface area contributed by atoms with Gasteiger partial charge in [0.25, 0.3) is 0 Å². The molecule has 1 fully saturated rings. The zero-order chi connectivity index (χ0) is 16.4. The van der Waals surface area contributed by atoms with Crippen molar-refractivity contribution in [2.75, 3.05) is 18.8 Å². The topological polar surface area (TPSA) is 67.3 Å². The van der Waals surface area contributed by atoms with Crippen LogP contribution in [0.2, 0.25) is 0 Å². The number of carbonyl (C=O) groups is 1. The lowest BCUT2D eigenvalue weighted by Gasteiger charge is -2.17. The maximum absolute atomic E-state index is 12.0. The summed E-state index contributed by atoms with van der Waals surface area (Å²) < 4.78 is 22.3. The van der Waals surface area contributed by atoms with E-state index in [4.69, 9.17) is 10.7 Å². The minimum Gasteiger partial charge on any atom is -0.342 e. The Kier molecular flexibility index (Phi) is 4.55. The van der Waals surface area contributed by atoms with Crippen LogP contribution < -0.4 is 0 Å². The minimum absolute atomic E-state index is 0.0106. The molecule has 1 atom stereocenters. The molecule has 1 unspecified atom stereocenters. The van der Waals surface area contributed by atoms with Gasteiger partial charge in [-0.2, -0.15) is 0 Å². The number of likely N-dealkylation sites (tertiary alicyclic amines) is 1. The Labute approximate surface area is 139 Å². The Morgan fingerprint density at radius 1 is 1.26 bits per heavy atom. The Morgan fingerprint density at radius 2 is 2.04 bits per heavy atom. The van der Waals surface area contributed by atoms with Gasteiger partial charge >= 0.3 is 0 Å². The van der Waals surface area contributed by atoms with Crippen LogP contribution >= 0.6 is 10.7 Å². The number of carbonyl (C=O) groups excluding carboxylic acids is 1. The van der Waals surface area contributed by atoms with Gasteiger partial charge in [-0.25, -0.2) is 8.42 Å². The monoisotopic (exact) mass is 352 g/mol. The average Bonchev–Trinajstić information content (AvgIpc) is 2.82. The number of amides is 1. The van der Waals surface area contributed by atoms with Crippen molar-refractivity contribution in [1.82, 2.24) is 9.88 Å². The lowest BCUT2D eigenvalue weighted by Crippen LogP contribution is -2.28. The molecule has 0 spiro atoms. The van der Waals surface area contributed by atoms with Crippen molar-refractivity contribution < 1.29 is 13.2 Å². The molecule has 1 saturated heterocycles. The highest BCUT2D eigenvalue weighted by Gasteiger charge is 2.31. The van der Waals surface area contributed by atoms with E-state index >= 15 is 0 Å². The molecule has 1 aromatic carbocycles. The molecular formula is C16H17ClN2O3S. The Hall–Kier alpha value is -1.66. The fourth-order valence-corrected chi connectivity index (χ4v) is 4.41. The van der Waals surface area contributed by atoms with Crippen LogP contribution in [0.4, 0.5) is 0 Å². The third-order valence-electron chi connectivity index (χ3n) is 4.10. The highest BCUT2D eigenvalue weighted by molar-refractivity contribution is 8.13. The summed E-state index contributed by atoms with van der Waals surface area (Å²) in [4.78, 5) is 18.2. The van der Waals surface area contributed by atoms with Gasteiger partial charge in [-0.3, -0.25) is 9.78 Å². The molecule has 0 radical (unpaired) electrons. The number of fused-ring (bicyclic) bond motifs is 1. The van der Waals surface area contributed by atoms with E-state index in [0.717, 1.165) is 16.5 Å². The van der Waals surface area contributed by atoms with Crippen molar-refractivity contribution in [3.8, 4) is 0 Å². The lowest BCUT2D eigenvalue weighted by atomic mass is 10.1. The number of rotatable bonds is 5. The summed E-state index contributed by atoms with van der Waals surface area (Å²) in [5.74, 6) is -0.369. The van der Waals surface area contributed by atoms with Crippen LogP contribution in [0, 0.1) is 5.92 Å². The van der Waals surface area contributed by atoms with E-state index in [1.54, 1.807) is 11.1 Å². The van der Waals surface area contributed by atoms with Gasteiger partial charge in [-0.15, -0.1) is 0 Å². The predicted molar refractivity (Wildman–Crippen MR) is 89.8 cm³/mol. The third-order valence-corrected chi connectivity index (χ3v) is 5.34. The van der Waals surface area contributed by atoms with Crippen molar-refractivity contribution >= 4 is 36.5 Å². The van der Waals surface area contributed by atoms with Crippen LogP contribution in [0.3, 0.4) is 0 Å². The van der Waals surface area contributed by atoms with Gasteiger partial charge in [0.15, 0.2) is 0 Å². The number of halogens is 1. The van der Waals surface area contributed by atoms with Crippen molar-refractivity contribution in [1.29, 1.82) is 0 Å². The maximum Gasteiger partial charge on any atom is 0.232 e. The number of benzene rings is 1. The van der Waals surface area contributed by atoms with Crippen molar-refractivity contribution in [2.45, 2.75) is 12.8 Å². The SMILES string of the molecule is O=C1CC(CS(=O)(=O)Cl)CN1CCc1cccc2cccnc12. The molecule has 2 aromatic rings. The Bertz CT molecular complexity index is 833. The van der Waals surface area contributed by atoms with Crippen molar-refractivity contribution in [3.05, 3.63) is 42.1 Å². The molecule has 23 heavy (non-hydrogen) atoms. The Balaban J connectivity index is 1.67. The van der Waals surface area contributed by atoms with Crippen LogP contribution in [0.1, 0.15) is 12.0 Å². The molecule has 1 aromatic heterocycles. The average molecular weight is 353 g/mol. The molecular weight excluding hydrogens is 336 g/mol. The number of nitrogens with zero attached hydrogens (tertiary/aromatic N) is 2. The summed E-state index contributed by atoms with van der Waals surface area (Å²) in [6.45, 7) is 1.01. The van der Waals surface area contributed by atoms with E-state index in [1.165, 1.54) is 0 Å². The van der Waals surface area contributed by atoms with E-state index < -0.39 is 9.05 Å². The largest absolute Gasteiger partial charge is 0.342 e. The first-order valence-corrected chi connectivity index (χ1v) is 9.93. The van der Waals surface area contributed by atoms with Gasteiger partial charge in [-0.05, 0) is 18.1 Å². The zero-order valence-corrected chi connectivity index (χ0v) is 14.1. The minimum atomic E-state index is -3.57. The fraction of sp³-hybridized carbons (Fsp3) is 0.375. The summed E-state index contributed by atoms with van der Waals surface area (Å²) in [5.41, 5.74) is 2.03. The molecule has 0 N–H and O–H groups in total. The standard InChI is InChI=1S/C16H17ClN2O3S/c17-23(21,22)11-12-9-15(20)19(10-12)8-6-14-4-1-3-13-5-2-7-18-16(13)14/h1-5,7,12H,6,8-11H2. The second kappa shape index (κ2) is 6.45. The van der Waals surface area contributed by atoms with Crippen LogP contribution in [0.15, 0.2) is 36.5 Å². The first-order chi connectivity index (χ1) is 10.9. The highest BCUT2D eigenvalue weighted by Crippen LogP contribution is 2.22. The maximum atomic E-state index is 12.0. The second-order valence-corrected chi connectivity index (χ2v) is 8.68. The van der Waals surface area contributed by atoms with Gasteiger partial charge in [0.05, 0.1) is 11.3 Å². The van der Waals surface area contributed by atoms with Gasteiger partial charge < -0.3 is 4.90 Å². The smallest absolute Gasteiger partial charge is 0.232 e. The molecule has 1 amide bonds. The summed E-state index contributed by atoms with van der Waals surface area (Å²) in [6, 6.07) is 9.90. The number of hydrogen-bond donors (Lipinski definition) is 0. The van der Waals surface area contributed by atoms with E-state index in [0.29, 0.717) is 19.5 Å². The number of hydrogen-bond acceptors (Lipinski definition) is 4. The van der Waals surface area contributed by atoms with E-state index in [9.17, 15) is 13.2 Å². The quantitative estimate of drug-likeness (QED) is 0.774. The molecule has 1 aliphatic rings. The molecule has 2 heterocycles. The molecule has 122 valence electrons. The molecule has 1 aliphatic heterocycles. The summed E-state index contributed by atoms with van der Waals surface area (Å²) in [7, 11) is 1.71. The predicted octanol–water partition coefficient (Wildman–Crippen LogP) is 2.19. The number of para-hydroxylation sites is 1. The van der Waals surface area contributed by atoms with Crippen molar-refractivity contribution in [3.63, 3.8) is 0 Å². The normalized spacial score (nSPS) is 18.7. The summed E-state index contributed by atoms with van der Waals surface area (Å²) in [6.07, 6.45) is 2.70. The number of aromatic nitrogens is 1. The number of pyridine rings is 1. The van der Waals surface area contributed by atoms with Crippen LogP contribution in [-0.4, -0.2) is 43.1 Å². The second-order valence-electron chi connectivity index (χ2n) is 5.86. The zero-order valence-electron chi connectivity index (χ0n) is 12.5. The molecule has 5 nitrogen and oxygen atoms in total. The van der Waals surface area contributed by atoms with E-state index in [1.807, 2.05) is 30.3 Å².